The van der Waals surface area contributed by atoms with Gasteiger partial charge in [0.25, 0.3) is 0 Å². The van der Waals surface area contributed by atoms with Crippen LogP contribution in [-0.2, 0) is 0 Å². The standard InChI is InChI=1S/C10H5N2O/c1-4-13-10-6-9-8(5-7(1)10)11-2-3-12-9/h1,3-6H. The van der Waals surface area contributed by atoms with Crippen molar-refractivity contribution in [3.05, 3.63) is 36.9 Å². The average Bonchev–Trinajstić information content (AvgIpc) is 2.61. The second-order valence-electron chi connectivity index (χ2n) is 2.80. The minimum atomic E-state index is 0.834. The van der Waals surface area contributed by atoms with Gasteiger partial charge in [0.1, 0.15) is 11.8 Å². The molecule has 61 valence electrons. The molecule has 0 aliphatic carbocycles. The molecule has 3 heteroatoms. The van der Waals surface area contributed by atoms with Crippen LogP contribution in [0.2, 0.25) is 0 Å². The highest BCUT2D eigenvalue weighted by Gasteiger charge is 2.00. The number of rotatable bonds is 0. The lowest BCUT2D eigenvalue weighted by atomic mass is 10.2. The number of hydrogen-bond donors (Lipinski definition) is 0. The topological polar surface area (TPSA) is 38.9 Å². The maximum absolute atomic E-state index is 5.25. The number of benzene rings is 1. The lowest BCUT2D eigenvalue weighted by molar-refractivity contribution is 0.616. The predicted octanol–water partition coefficient (Wildman–Crippen LogP) is 2.18. The van der Waals surface area contributed by atoms with E-state index in [1.54, 1.807) is 12.5 Å². The summed E-state index contributed by atoms with van der Waals surface area (Å²) in [7, 11) is 0. The fourth-order valence-corrected chi connectivity index (χ4v) is 1.38. The lowest BCUT2D eigenvalue weighted by Gasteiger charge is -1.93. The fraction of sp³-hybridized carbons (Fsp3) is 0. The normalized spacial score (nSPS) is 11.1. The van der Waals surface area contributed by atoms with E-state index in [-0.39, 0.29) is 0 Å². The first-order valence-electron chi connectivity index (χ1n) is 3.93. The van der Waals surface area contributed by atoms with Gasteiger partial charge in [-0.1, -0.05) is 0 Å². The highest BCUT2D eigenvalue weighted by atomic mass is 16.3. The van der Waals surface area contributed by atoms with Crippen molar-refractivity contribution in [1.82, 2.24) is 9.97 Å². The molecule has 0 N–H and O–H groups in total. The van der Waals surface area contributed by atoms with Gasteiger partial charge in [-0.05, 0) is 12.1 Å². The smallest absolute Gasteiger partial charge is 0.136 e. The molecule has 13 heavy (non-hydrogen) atoms. The molecule has 0 bridgehead atoms. The van der Waals surface area contributed by atoms with Gasteiger partial charge in [0, 0.05) is 11.5 Å². The summed E-state index contributed by atoms with van der Waals surface area (Å²) in [6, 6.07) is 5.73. The van der Waals surface area contributed by atoms with E-state index in [1.165, 1.54) is 0 Å². The van der Waals surface area contributed by atoms with Gasteiger partial charge < -0.3 is 4.42 Å². The number of hydrogen-bond acceptors (Lipinski definition) is 3. The molecule has 2 aromatic heterocycles. The van der Waals surface area contributed by atoms with Crippen molar-refractivity contribution in [1.29, 1.82) is 0 Å². The quantitative estimate of drug-likeness (QED) is 0.517. The van der Waals surface area contributed by atoms with Crippen LogP contribution in [0.25, 0.3) is 22.0 Å². The highest BCUT2D eigenvalue weighted by Crippen LogP contribution is 2.20. The second-order valence-corrected chi connectivity index (χ2v) is 2.80. The lowest BCUT2D eigenvalue weighted by Crippen LogP contribution is -1.81. The van der Waals surface area contributed by atoms with E-state index in [2.05, 4.69) is 16.2 Å². The van der Waals surface area contributed by atoms with Crippen LogP contribution in [0.15, 0.2) is 35.1 Å². The number of fused-ring (bicyclic) bond motifs is 2. The van der Waals surface area contributed by atoms with Crippen molar-refractivity contribution in [2.75, 3.05) is 0 Å². The third-order valence-corrected chi connectivity index (χ3v) is 2.00. The molecule has 0 aliphatic heterocycles. The highest BCUT2D eigenvalue weighted by molar-refractivity contribution is 5.91. The van der Waals surface area contributed by atoms with Crippen molar-refractivity contribution < 1.29 is 4.42 Å². The average molecular weight is 169 g/mol. The van der Waals surface area contributed by atoms with Gasteiger partial charge in [-0.15, -0.1) is 0 Å². The molecule has 0 spiro atoms. The van der Waals surface area contributed by atoms with Gasteiger partial charge in [0.2, 0.25) is 0 Å². The molecule has 0 unspecified atom stereocenters. The molecule has 1 aromatic carbocycles. The zero-order valence-electron chi connectivity index (χ0n) is 6.69. The first-order valence-corrected chi connectivity index (χ1v) is 3.93. The molecule has 3 nitrogen and oxygen atoms in total. The summed E-state index contributed by atoms with van der Waals surface area (Å²) in [6.45, 7) is 0. The Bertz CT molecular complexity index is 521. The van der Waals surface area contributed by atoms with Gasteiger partial charge in [-0.3, -0.25) is 4.98 Å². The summed E-state index contributed by atoms with van der Waals surface area (Å²) in [5.41, 5.74) is 2.52. The Labute approximate surface area is 74.0 Å². The largest absolute Gasteiger partial charge is 0.464 e. The number of nitrogens with zero attached hydrogens (tertiary/aromatic N) is 2. The van der Waals surface area contributed by atoms with Crippen LogP contribution in [0.4, 0.5) is 0 Å². The van der Waals surface area contributed by atoms with Crippen LogP contribution < -0.4 is 0 Å². The van der Waals surface area contributed by atoms with Gasteiger partial charge in [-0.25, -0.2) is 4.98 Å². The molecule has 0 fully saturated rings. The molecular formula is C10H5N2O. The van der Waals surface area contributed by atoms with E-state index in [0.717, 1.165) is 22.0 Å². The van der Waals surface area contributed by atoms with Crippen LogP contribution in [0.3, 0.4) is 0 Å². The Balaban J connectivity index is 2.57. The van der Waals surface area contributed by atoms with Crippen molar-refractivity contribution in [2.24, 2.45) is 0 Å². The number of aromatic nitrogens is 2. The Morgan fingerprint density at radius 1 is 1.23 bits per heavy atom. The molecule has 0 aliphatic rings. The minimum absolute atomic E-state index is 0.834. The van der Waals surface area contributed by atoms with E-state index >= 15 is 0 Å². The third-order valence-electron chi connectivity index (χ3n) is 2.00. The molecule has 3 rings (SSSR count). The summed E-state index contributed by atoms with van der Waals surface area (Å²) in [4.78, 5) is 8.21. The van der Waals surface area contributed by atoms with Crippen LogP contribution in [0.1, 0.15) is 0 Å². The second kappa shape index (κ2) is 2.29. The first-order chi connectivity index (χ1) is 6.43. The summed E-state index contributed by atoms with van der Waals surface area (Å²) in [5, 5.41) is 1.04. The molecule has 0 saturated heterocycles. The van der Waals surface area contributed by atoms with E-state index in [0.29, 0.717) is 0 Å². The Morgan fingerprint density at radius 3 is 3.23 bits per heavy atom. The maximum Gasteiger partial charge on any atom is 0.136 e. The van der Waals surface area contributed by atoms with Crippen molar-refractivity contribution in [3.8, 4) is 0 Å². The van der Waals surface area contributed by atoms with E-state index in [9.17, 15) is 0 Å². The molecule has 1 radical (unpaired) electrons. The van der Waals surface area contributed by atoms with Crippen molar-refractivity contribution in [3.63, 3.8) is 0 Å². The van der Waals surface area contributed by atoms with Crippen LogP contribution in [0.5, 0.6) is 0 Å². The fourth-order valence-electron chi connectivity index (χ4n) is 1.38. The van der Waals surface area contributed by atoms with E-state index < -0.39 is 0 Å². The zero-order valence-corrected chi connectivity index (χ0v) is 6.69. The Morgan fingerprint density at radius 2 is 2.23 bits per heavy atom. The molecular weight excluding hydrogens is 164 g/mol. The Hall–Kier alpha value is -1.90. The summed E-state index contributed by atoms with van der Waals surface area (Å²) in [6.07, 6.45) is 5.91. The van der Waals surface area contributed by atoms with Crippen LogP contribution in [-0.4, -0.2) is 9.97 Å². The summed E-state index contributed by atoms with van der Waals surface area (Å²) >= 11 is 0. The minimum Gasteiger partial charge on any atom is -0.464 e. The molecule has 2 heterocycles. The summed E-state index contributed by atoms with van der Waals surface area (Å²) < 4.78 is 5.25. The van der Waals surface area contributed by atoms with Gasteiger partial charge in [0.15, 0.2) is 0 Å². The molecule has 0 saturated carbocycles. The third kappa shape index (κ3) is 0.902. The van der Waals surface area contributed by atoms with Gasteiger partial charge >= 0.3 is 0 Å². The molecule has 0 atom stereocenters. The van der Waals surface area contributed by atoms with Crippen molar-refractivity contribution in [2.45, 2.75) is 0 Å². The van der Waals surface area contributed by atoms with Gasteiger partial charge in [0.05, 0.1) is 23.5 Å². The maximum atomic E-state index is 5.25. The molecule has 0 amide bonds. The van der Waals surface area contributed by atoms with E-state index in [4.69, 9.17) is 4.42 Å². The summed E-state index contributed by atoms with van der Waals surface area (Å²) in [5.74, 6) is 0. The number of furan rings is 1. The van der Waals surface area contributed by atoms with Crippen LogP contribution >= 0.6 is 0 Å². The monoisotopic (exact) mass is 169 g/mol. The molecule has 3 aromatic rings. The zero-order chi connectivity index (χ0) is 8.67. The SMILES string of the molecule is [c]1cnc2cc3occc3cc2n1. The Kier molecular flexibility index (Phi) is 1.16. The predicted molar refractivity (Wildman–Crippen MR) is 48.1 cm³/mol. The van der Waals surface area contributed by atoms with Crippen LogP contribution in [0, 0.1) is 6.20 Å². The van der Waals surface area contributed by atoms with E-state index in [1.807, 2.05) is 18.2 Å². The van der Waals surface area contributed by atoms with Gasteiger partial charge in [-0.2, -0.15) is 0 Å². The van der Waals surface area contributed by atoms with Crippen molar-refractivity contribution >= 4 is 22.0 Å². The first kappa shape index (κ1) is 6.60.